The number of nitrogens with zero attached hydrogens (tertiary/aromatic N) is 5. The molecule has 3 aliphatic heterocycles. The van der Waals surface area contributed by atoms with Crippen molar-refractivity contribution in [1.82, 2.24) is 50.7 Å². The monoisotopic (exact) mass is 1560 g/mol. The predicted octanol–water partition coefficient (Wildman–Crippen LogP) is 25.2. The maximum Gasteiger partial charge on any atom is 0.190 e. The van der Waals surface area contributed by atoms with Gasteiger partial charge in [-0.25, -0.2) is 18.4 Å². The SMILES string of the molecule is C=C1CC(CC(C)(C)C)=NN1.C=C1Nc2ccc(C(C)(C)C)cc2O1.C=C1Nc2ccc(C(C)(C)C)cc2S1.CC(C)(C)Cc1ccn[nH]1.CC(C)(C)Cc1ncn[nH]1.CC(C)(C)c1ccc(S(C)(=O)=O)s1.CC(C)(C)c1ccc2[nH]ccc2c1.CC(C)(C)c1ccc2[nH]ccc2c1.CC(C)(C)c1ccc2nc[nH]c2c1. The van der Waals surface area contributed by atoms with Crippen LogP contribution in [0.4, 0.5) is 11.4 Å². The molecule has 3 aliphatic rings. The first-order valence-corrected chi connectivity index (χ1v) is 41.8. The number of benzene rings is 5. The van der Waals surface area contributed by atoms with Gasteiger partial charge < -0.3 is 30.3 Å². The van der Waals surface area contributed by atoms with Crippen LogP contribution in [0.3, 0.4) is 0 Å². The van der Waals surface area contributed by atoms with Crippen LogP contribution in [0.15, 0.2) is 203 Å². The molecular formula is C92H131N13O3S3. The number of aromatic nitrogens is 9. The van der Waals surface area contributed by atoms with Gasteiger partial charge in [-0.3, -0.25) is 15.6 Å². The second-order valence-corrected chi connectivity index (χ2v) is 43.1. The van der Waals surface area contributed by atoms with Crippen LogP contribution in [0, 0.1) is 16.2 Å². The van der Waals surface area contributed by atoms with Crippen LogP contribution in [0.1, 0.15) is 244 Å². The summed E-state index contributed by atoms with van der Waals surface area (Å²) in [6.07, 6.45) is 14.3. The fraction of sp³-hybridized carbons (Fsp3) is 0.446. The van der Waals surface area contributed by atoms with Crippen LogP contribution in [0.5, 0.6) is 5.75 Å². The van der Waals surface area contributed by atoms with Gasteiger partial charge in [0.15, 0.2) is 21.5 Å². The third kappa shape index (κ3) is 30.9. The van der Waals surface area contributed by atoms with Gasteiger partial charge in [0.1, 0.15) is 16.4 Å². The molecular weight excluding hydrogens is 1430 g/mol. The summed E-state index contributed by atoms with van der Waals surface area (Å²) in [5.41, 5.74) is 22.0. The van der Waals surface area contributed by atoms with E-state index in [0.29, 0.717) is 26.3 Å². The largest absolute Gasteiger partial charge is 0.440 e. The highest BCUT2D eigenvalue weighted by Gasteiger charge is 2.25. The van der Waals surface area contributed by atoms with Crippen LogP contribution >= 0.6 is 23.1 Å². The van der Waals surface area contributed by atoms with Gasteiger partial charge in [-0.2, -0.15) is 15.3 Å². The Bertz CT molecular complexity index is 4640. The summed E-state index contributed by atoms with van der Waals surface area (Å²) in [6, 6.07) is 42.2. The molecule has 111 heavy (non-hydrogen) atoms. The second kappa shape index (κ2) is 37.2. The summed E-state index contributed by atoms with van der Waals surface area (Å²) in [5, 5.41) is 27.5. The number of anilines is 2. The van der Waals surface area contributed by atoms with Crippen molar-refractivity contribution in [1.29, 1.82) is 0 Å². The molecule has 14 rings (SSSR count). The molecule has 11 aromatic rings. The lowest BCUT2D eigenvalue weighted by Gasteiger charge is -2.19. The van der Waals surface area contributed by atoms with Crippen molar-refractivity contribution < 1.29 is 13.2 Å². The van der Waals surface area contributed by atoms with Crippen LogP contribution in [0.25, 0.3) is 32.8 Å². The van der Waals surface area contributed by atoms with Gasteiger partial charge in [0.05, 0.1) is 33.8 Å². The molecule has 9 heterocycles. The number of fused-ring (bicyclic) bond motifs is 5. The minimum atomic E-state index is -3.02. The van der Waals surface area contributed by atoms with Crippen molar-refractivity contribution in [2.24, 2.45) is 21.3 Å². The Morgan fingerprint density at radius 3 is 1.43 bits per heavy atom. The number of H-pyrrole nitrogens is 5. The normalized spacial score (nSPS) is 13.5. The zero-order valence-corrected chi connectivity index (χ0v) is 74.5. The molecule has 0 unspecified atom stereocenters. The number of rotatable bonds is 4. The summed E-state index contributed by atoms with van der Waals surface area (Å²) in [5.74, 6) is 2.45. The molecule has 600 valence electrons. The van der Waals surface area contributed by atoms with Crippen molar-refractivity contribution in [2.75, 3.05) is 16.9 Å². The molecule has 0 aliphatic carbocycles. The van der Waals surface area contributed by atoms with Crippen LogP contribution < -0.4 is 20.8 Å². The molecule has 0 bridgehead atoms. The minimum Gasteiger partial charge on any atom is -0.440 e. The maximum atomic E-state index is 11.2. The molecule has 0 atom stereocenters. The number of thiophene rings is 1. The lowest BCUT2D eigenvalue weighted by atomic mass is 9.86. The quantitative estimate of drug-likeness (QED) is 0.0828. The average Bonchev–Trinajstić information content (AvgIpc) is 1.80. The Morgan fingerprint density at radius 2 is 0.982 bits per heavy atom. The van der Waals surface area contributed by atoms with Crippen LogP contribution in [0.2, 0.25) is 0 Å². The van der Waals surface area contributed by atoms with Crippen molar-refractivity contribution in [3.05, 3.63) is 233 Å². The lowest BCUT2D eigenvalue weighted by Crippen LogP contribution is -2.11. The first-order chi connectivity index (χ1) is 51.0. The second-order valence-electron chi connectivity index (χ2n) is 38.6. The zero-order valence-electron chi connectivity index (χ0n) is 72.1. The first-order valence-electron chi connectivity index (χ1n) is 38.3. The van der Waals surface area contributed by atoms with Crippen molar-refractivity contribution >= 4 is 82.9 Å². The number of imidazole rings is 1. The van der Waals surface area contributed by atoms with Crippen molar-refractivity contribution in [2.45, 2.75) is 254 Å². The molecule has 0 saturated carbocycles. The standard InChI is InChI=1S/C12H15NO.C12H15NS.2C12H15N.C11H14N2.C9H16N2.C9H14O2S2.C8H14N2.C7H13N3/c2*1-8-13-10-6-5-9(12(2,3)4)7-11(10)14-8;2*1-12(2,3)10-4-5-11-9(8-10)6-7-13-11;1-11(2,3)8-4-5-9-10(6-8)13-7-12-9;1-7-5-8(11-10-7)6-9(2,3)4;1-9(2,3)7-5-6-8(12-7)13(4,10)11;1-8(2,3)6-7-4-5-9-10-7;1-7(2,3)4-6-8-5-9-10-6/h2*5-7,13H,1H2,2-4H3;2*4-8,13H,1-3H3;4-7H,1-3H3,(H,12,13);10H,1,5-6H2,2-4H3;5-6H,1-4H3;4-5H,6H2,1-3H3,(H,9,10);5H,4H2,1-3H3,(H,8,9,10). The summed E-state index contributed by atoms with van der Waals surface area (Å²) < 4.78 is 28.3. The highest BCUT2D eigenvalue weighted by molar-refractivity contribution is 8.03. The molecule has 16 nitrogen and oxygen atoms in total. The molecule has 8 N–H and O–H groups in total. The van der Waals surface area contributed by atoms with E-state index in [0.717, 1.165) is 69.6 Å². The van der Waals surface area contributed by atoms with E-state index < -0.39 is 9.84 Å². The Morgan fingerprint density at radius 1 is 0.477 bits per heavy atom. The van der Waals surface area contributed by atoms with Gasteiger partial charge in [0.2, 0.25) is 0 Å². The van der Waals surface area contributed by atoms with E-state index in [1.165, 1.54) is 89.2 Å². The Hall–Kier alpha value is -8.91. The van der Waals surface area contributed by atoms with E-state index in [2.05, 4.69) is 370 Å². The fourth-order valence-corrected chi connectivity index (χ4v) is 14.1. The highest BCUT2D eigenvalue weighted by Crippen LogP contribution is 2.43. The minimum absolute atomic E-state index is 0.0353. The van der Waals surface area contributed by atoms with Gasteiger partial charge in [-0.15, -0.1) is 11.3 Å². The summed E-state index contributed by atoms with van der Waals surface area (Å²) in [4.78, 5) is 20.1. The van der Waals surface area contributed by atoms with E-state index >= 15 is 0 Å². The number of allylic oxidation sites excluding steroid dienone is 1. The predicted molar refractivity (Wildman–Crippen MR) is 477 cm³/mol. The van der Waals surface area contributed by atoms with Gasteiger partial charge in [0.25, 0.3) is 0 Å². The average molecular weight is 1560 g/mol. The molecule has 19 heteroatoms. The summed E-state index contributed by atoms with van der Waals surface area (Å²) in [7, 11) is -3.02. The van der Waals surface area contributed by atoms with Crippen molar-refractivity contribution in [3.8, 4) is 5.75 Å². The van der Waals surface area contributed by atoms with E-state index in [9.17, 15) is 8.42 Å². The molecule has 0 radical (unpaired) electrons. The number of hydrogen-bond acceptors (Lipinski definition) is 13. The van der Waals surface area contributed by atoms with Gasteiger partial charge >= 0.3 is 0 Å². The number of sulfone groups is 1. The molecule has 0 fully saturated rings. The van der Waals surface area contributed by atoms with Gasteiger partial charge in [-0.1, -0.05) is 242 Å². The molecule has 0 spiro atoms. The van der Waals surface area contributed by atoms with E-state index in [1.54, 1.807) is 36.7 Å². The third-order valence-electron chi connectivity index (χ3n) is 17.5. The molecule has 0 saturated heterocycles. The van der Waals surface area contributed by atoms with Crippen molar-refractivity contribution in [3.63, 3.8) is 0 Å². The lowest BCUT2D eigenvalue weighted by molar-refractivity contribution is 0.401. The number of hydrazone groups is 1. The molecule has 6 aromatic heterocycles. The first kappa shape index (κ1) is 91.0. The Kier molecular flexibility index (Phi) is 30.5. The van der Waals surface area contributed by atoms with E-state index in [4.69, 9.17) is 4.74 Å². The third-order valence-corrected chi connectivity index (χ3v) is 21.7. The highest BCUT2D eigenvalue weighted by atomic mass is 32.2. The molecule has 5 aromatic carbocycles. The number of nitrogens with one attached hydrogen (secondary N) is 8. The Balaban J connectivity index is 0.000000195. The smallest absolute Gasteiger partial charge is 0.190 e. The number of aromatic amines is 5. The van der Waals surface area contributed by atoms with E-state index in [1.807, 2.05) is 30.6 Å². The topological polar surface area (TPSA) is 222 Å². The van der Waals surface area contributed by atoms with E-state index in [-0.39, 0.29) is 32.5 Å². The van der Waals surface area contributed by atoms with Gasteiger partial charge in [-0.05, 0) is 198 Å². The maximum absolute atomic E-state index is 11.2. The number of thioether (sulfide) groups is 1. The number of ether oxygens (including phenoxy) is 1. The molecule has 0 amide bonds. The number of hydrogen-bond donors (Lipinski definition) is 8. The zero-order chi connectivity index (χ0) is 83.1. The summed E-state index contributed by atoms with van der Waals surface area (Å²) >= 11 is 3.07. The fourth-order valence-electron chi connectivity index (χ4n) is 11.3. The van der Waals surface area contributed by atoms with Gasteiger partial charge in [0, 0.05) is 75.6 Å². The van der Waals surface area contributed by atoms with Crippen LogP contribution in [-0.2, 0) is 55.2 Å². The summed E-state index contributed by atoms with van der Waals surface area (Å²) in [6.45, 7) is 70.8. The Labute approximate surface area is 673 Å². The van der Waals surface area contributed by atoms with Crippen LogP contribution in [-0.4, -0.2) is 65.7 Å².